The van der Waals surface area contributed by atoms with Gasteiger partial charge in [-0.1, -0.05) is 20.8 Å². The molecule has 0 aliphatic carbocycles. The zero-order valence-electron chi connectivity index (χ0n) is 12.0. The van der Waals surface area contributed by atoms with Gasteiger partial charge in [-0.3, -0.25) is 0 Å². The van der Waals surface area contributed by atoms with E-state index in [0.29, 0.717) is 0 Å². The maximum Gasteiger partial charge on any atom is 0.164 e. The highest BCUT2D eigenvalue weighted by Gasteiger charge is 2.33. The fourth-order valence-corrected chi connectivity index (χ4v) is 2.67. The normalized spacial score (nSPS) is 18.9. The van der Waals surface area contributed by atoms with Crippen molar-refractivity contribution in [1.82, 2.24) is 20.1 Å². The van der Waals surface area contributed by atoms with Crippen molar-refractivity contribution in [2.45, 2.75) is 33.4 Å². The first kappa shape index (κ1) is 13.2. The first-order valence-electron chi connectivity index (χ1n) is 6.89. The summed E-state index contributed by atoms with van der Waals surface area (Å²) in [5.74, 6) is 1.54. The smallest absolute Gasteiger partial charge is 0.164 e. The molecule has 0 amide bonds. The van der Waals surface area contributed by atoms with Gasteiger partial charge in [0.25, 0.3) is 0 Å². The quantitative estimate of drug-likeness (QED) is 0.869. The topological polar surface area (TPSA) is 42.7 Å². The van der Waals surface area contributed by atoms with Gasteiger partial charge in [0.2, 0.25) is 0 Å². The van der Waals surface area contributed by atoms with Gasteiger partial charge in [-0.25, -0.2) is 4.39 Å². The van der Waals surface area contributed by atoms with Crippen LogP contribution in [-0.4, -0.2) is 21.3 Å². The second-order valence-corrected chi connectivity index (χ2v) is 6.29. The highest BCUT2D eigenvalue weighted by atomic mass is 19.1. The lowest BCUT2D eigenvalue weighted by atomic mass is 9.85. The minimum Gasteiger partial charge on any atom is -0.308 e. The lowest BCUT2D eigenvalue weighted by Crippen LogP contribution is -2.40. The molecular formula is C15H19FN4. The van der Waals surface area contributed by atoms with Crippen LogP contribution in [0.2, 0.25) is 0 Å². The Morgan fingerprint density at radius 3 is 2.55 bits per heavy atom. The van der Waals surface area contributed by atoms with Crippen molar-refractivity contribution in [2.24, 2.45) is 5.41 Å². The van der Waals surface area contributed by atoms with E-state index in [-0.39, 0.29) is 17.3 Å². The monoisotopic (exact) mass is 274 g/mol. The molecule has 1 N–H and O–H groups in total. The van der Waals surface area contributed by atoms with E-state index in [9.17, 15) is 4.39 Å². The van der Waals surface area contributed by atoms with Gasteiger partial charge in [-0.2, -0.15) is 0 Å². The highest BCUT2D eigenvalue weighted by molar-refractivity contribution is 5.55. The van der Waals surface area contributed by atoms with Crippen LogP contribution < -0.4 is 5.32 Å². The first-order valence-corrected chi connectivity index (χ1v) is 6.89. The number of rotatable bonds is 1. The molecule has 0 radical (unpaired) electrons. The van der Waals surface area contributed by atoms with Crippen LogP contribution in [0.15, 0.2) is 24.3 Å². The van der Waals surface area contributed by atoms with Crippen molar-refractivity contribution >= 4 is 0 Å². The number of fused-ring (bicyclic) bond motifs is 1. The van der Waals surface area contributed by atoms with Crippen molar-refractivity contribution in [3.8, 4) is 11.4 Å². The maximum atomic E-state index is 13.0. The largest absolute Gasteiger partial charge is 0.308 e. The predicted molar refractivity (Wildman–Crippen MR) is 75.6 cm³/mol. The van der Waals surface area contributed by atoms with E-state index in [1.54, 1.807) is 12.1 Å². The van der Waals surface area contributed by atoms with Crippen LogP contribution in [0.4, 0.5) is 4.39 Å². The van der Waals surface area contributed by atoms with Crippen LogP contribution in [0.25, 0.3) is 11.4 Å². The molecule has 1 atom stereocenters. The molecule has 0 spiro atoms. The summed E-state index contributed by atoms with van der Waals surface area (Å²) in [5, 5.41) is 12.2. The maximum absolute atomic E-state index is 13.0. The minimum absolute atomic E-state index is 0.0747. The third kappa shape index (κ3) is 2.22. The molecule has 1 unspecified atom stereocenters. The van der Waals surface area contributed by atoms with Crippen LogP contribution in [0.3, 0.4) is 0 Å². The molecule has 0 bridgehead atoms. The van der Waals surface area contributed by atoms with Crippen molar-refractivity contribution in [3.05, 3.63) is 35.9 Å². The molecule has 1 aliphatic heterocycles. The molecular weight excluding hydrogens is 255 g/mol. The molecule has 0 fully saturated rings. The van der Waals surface area contributed by atoms with Gasteiger partial charge in [0.15, 0.2) is 11.6 Å². The molecule has 3 rings (SSSR count). The van der Waals surface area contributed by atoms with Crippen molar-refractivity contribution in [2.75, 3.05) is 6.54 Å². The number of halogens is 1. The van der Waals surface area contributed by atoms with Crippen LogP contribution in [0, 0.1) is 11.2 Å². The van der Waals surface area contributed by atoms with Crippen molar-refractivity contribution < 1.29 is 4.39 Å². The van der Waals surface area contributed by atoms with E-state index in [4.69, 9.17) is 0 Å². The number of hydrogen-bond acceptors (Lipinski definition) is 3. The van der Waals surface area contributed by atoms with Gasteiger partial charge in [0, 0.05) is 18.7 Å². The summed E-state index contributed by atoms with van der Waals surface area (Å²) < 4.78 is 15.2. The average Bonchev–Trinajstić information content (AvgIpc) is 2.82. The first-order chi connectivity index (χ1) is 9.47. The van der Waals surface area contributed by atoms with E-state index in [1.165, 1.54) is 12.1 Å². The number of nitrogens with one attached hydrogen (secondary N) is 1. The zero-order valence-corrected chi connectivity index (χ0v) is 12.0. The Hall–Kier alpha value is -1.75. The van der Waals surface area contributed by atoms with Crippen LogP contribution in [0.5, 0.6) is 0 Å². The molecule has 1 aromatic carbocycles. The third-order valence-electron chi connectivity index (χ3n) is 3.69. The Morgan fingerprint density at radius 1 is 1.20 bits per heavy atom. The summed E-state index contributed by atoms with van der Waals surface area (Å²) >= 11 is 0. The van der Waals surface area contributed by atoms with Gasteiger partial charge in [-0.15, -0.1) is 10.2 Å². The van der Waals surface area contributed by atoms with E-state index in [2.05, 4.69) is 40.9 Å². The molecule has 1 aliphatic rings. The zero-order chi connectivity index (χ0) is 14.3. The van der Waals surface area contributed by atoms with Crippen LogP contribution in [-0.2, 0) is 6.54 Å². The minimum atomic E-state index is -0.235. The fourth-order valence-electron chi connectivity index (χ4n) is 2.67. The number of hydrogen-bond donors (Lipinski definition) is 1. The number of aromatic nitrogens is 3. The van der Waals surface area contributed by atoms with Gasteiger partial charge >= 0.3 is 0 Å². The highest BCUT2D eigenvalue weighted by Crippen LogP contribution is 2.35. The van der Waals surface area contributed by atoms with Crippen LogP contribution >= 0.6 is 0 Å². The fraction of sp³-hybridized carbons (Fsp3) is 0.467. The summed E-state index contributed by atoms with van der Waals surface area (Å²) in [7, 11) is 0. The molecule has 2 aromatic rings. The molecule has 5 heteroatoms. The predicted octanol–water partition coefficient (Wildman–Crippen LogP) is 2.77. The molecule has 106 valence electrons. The van der Waals surface area contributed by atoms with Gasteiger partial charge in [0.1, 0.15) is 5.82 Å². The Labute approximate surface area is 118 Å². The second-order valence-electron chi connectivity index (χ2n) is 6.29. The standard InChI is InChI=1S/C15H19FN4/c1-15(2,3)12-14-19-18-13(20(14)9-8-17-12)10-4-6-11(16)7-5-10/h4-7,12,17H,8-9H2,1-3H3. The summed E-state index contributed by atoms with van der Waals surface area (Å²) in [6, 6.07) is 6.60. The van der Waals surface area contributed by atoms with Gasteiger partial charge in [0.05, 0.1) is 6.04 Å². The molecule has 0 saturated heterocycles. The third-order valence-corrected chi connectivity index (χ3v) is 3.69. The summed E-state index contributed by atoms with van der Waals surface area (Å²) in [6.45, 7) is 8.29. The molecule has 1 aromatic heterocycles. The molecule has 20 heavy (non-hydrogen) atoms. The summed E-state index contributed by atoms with van der Waals surface area (Å²) in [6.07, 6.45) is 0. The average molecular weight is 274 g/mol. The summed E-state index contributed by atoms with van der Waals surface area (Å²) in [5.41, 5.74) is 0.977. The lowest BCUT2D eigenvalue weighted by molar-refractivity contribution is 0.234. The van der Waals surface area contributed by atoms with Crippen LogP contribution in [0.1, 0.15) is 32.6 Å². The SMILES string of the molecule is CC(C)(C)C1NCCn2c(-c3ccc(F)cc3)nnc21. The van der Waals surface area contributed by atoms with E-state index in [0.717, 1.165) is 30.3 Å². The number of nitrogens with zero attached hydrogens (tertiary/aromatic N) is 3. The Balaban J connectivity index is 2.04. The lowest BCUT2D eigenvalue weighted by Gasteiger charge is -2.34. The van der Waals surface area contributed by atoms with E-state index in [1.807, 2.05) is 0 Å². The Morgan fingerprint density at radius 2 is 1.90 bits per heavy atom. The van der Waals surface area contributed by atoms with E-state index < -0.39 is 0 Å². The summed E-state index contributed by atoms with van der Waals surface area (Å²) in [4.78, 5) is 0. The molecule has 0 saturated carbocycles. The Kier molecular flexibility index (Phi) is 3.09. The second kappa shape index (κ2) is 4.66. The van der Waals surface area contributed by atoms with E-state index >= 15 is 0 Å². The van der Waals surface area contributed by atoms with Crippen molar-refractivity contribution in [3.63, 3.8) is 0 Å². The molecule has 4 nitrogen and oxygen atoms in total. The molecule has 2 heterocycles. The number of benzene rings is 1. The van der Waals surface area contributed by atoms with Gasteiger partial charge < -0.3 is 9.88 Å². The van der Waals surface area contributed by atoms with Crippen molar-refractivity contribution in [1.29, 1.82) is 0 Å². The Bertz CT molecular complexity index is 610. The van der Waals surface area contributed by atoms with Gasteiger partial charge in [-0.05, 0) is 29.7 Å².